The molecule has 1 aliphatic heterocycles. The smallest absolute Gasteiger partial charge is 0.254 e. The number of amides is 1. The Kier molecular flexibility index (Phi) is 2.92. The predicted molar refractivity (Wildman–Crippen MR) is 72.8 cm³/mol. The zero-order chi connectivity index (χ0) is 13.5. The van der Waals surface area contributed by atoms with Gasteiger partial charge in [-0.3, -0.25) is 9.59 Å². The average Bonchev–Trinajstić information content (AvgIpc) is 2.44. The molecule has 3 rings (SSSR count). The zero-order valence-electron chi connectivity index (χ0n) is 11.3. The second-order valence-electron chi connectivity index (χ2n) is 6.00. The fourth-order valence-corrected chi connectivity index (χ4v) is 3.41. The van der Waals surface area contributed by atoms with Crippen LogP contribution in [-0.4, -0.2) is 29.2 Å². The Labute approximate surface area is 113 Å². The molecule has 100 valence electrons. The van der Waals surface area contributed by atoms with Crippen LogP contribution in [0.1, 0.15) is 43.0 Å². The van der Waals surface area contributed by atoms with Crippen molar-refractivity contribution in [3.05, 3.63) is 35.9 Å². The minimum absolute atomic E-state index is 0.113. The van der Waals surface area contributed by atoms with E-state index in [-0.39, 0.29) is 17.4 Å². The normalized spacial score (nSPS) is 30.3. The third-order valence-corrected chi connectivity index (χ3v) is 4.69. The van der Waals surface area contributed by atoms with Crippen LogP contribution in [0.15, 0.2) is 30.3 Å². The number of ketones is 1. The van der Waals surface area contributed by atoms with Gasteiger partial charge >= 0.3 is 0 Å². The summed E-state index contributed by atoms with van der Waals surface area (Å²) in [7, 11) is 0. The van der Waals surface area contributed by atoms with Gasteiger partial charge in [0.1, 0.15) is 5.78 Å². The van der Waals surface area contributed by atoms with E-state index in [1.54, 1.807) is 0 Å². The molecule has 2 atom stereocenters. The van der Waals surface area contributed by atoms with Gasteiger partial charge in [-0.05, 0) is 31.4 Å². The minimum atomic E-state index is -0.184. The van der Waals surface area contributed by atoms with E-state index in [0.29, 0.717) is 18.7 Å². The number of benzene rings is 1. The van der Waals surface area contributed by atoms with Crippen LogP contribution < -0.4 is 0 Å². The van der Waals surface area contributed by atoms with Crippen molar-refractivity contribution >= 4 is 11.7 Å². The maximum atomic E-state index is 12.5. The summed E-state index contributed by atoms with van der Waals surface area (Å²) in [5.74, 6) is 0.498. The molecule has 1 aliphatic carbocycles. The van der Waals surface area contributed by atoms with Crippen molar-refractivity contribution in [3.63, 3.8) is 0 Å². The number of Topliss-reactive ketones (excluding diaryl/α,β-unsaturated/α-hetero) is 1. The second kappa shape index (κ2) is 4.48. The van der Waals surface area contributed by atoms with Gasteiger partial charge in [-0.25, -0.2) is 0 Å². The number of hydrogen-bond donors (Lipinski definition) is 0. The molecule has 2 bridgehead atoms. The van der Waals surface area contributed by atoms with E-state index in [0.717, 1.165) is 24.8 Å². The molecule has 19 heavy (non-hydrogen) atoms. The fourth-order valence-electron chi connectivity index (χ4n) is 3.41. The molecule has 0 unspecified atom stereocenters. The van der Waals surface area contributed by atoms with Crippen molar-refractivity contribution < 1.29 is 9.59 Å². The maximum absolute atomic E-state index is 12.5. The highest BCUT2D eigenvalue weighted by Gasteiger charge is 2.46. The van der Waals surface area contributed by atoms with Gasteiger partial charge in [0, 0.05) is 30.0 Å². The van der Waals surface area contributed by atoms with Crippen LogP contribution in [0.2, 0.25) is 0 Å². The maximum Gasteiger partial charge on any atom is 0.254 e. The first kappa shape index (κ1) is 12.4. The topological polar surface area (TPSA) is 37.4 Å². The van der Waals surface area contributed by atoms with Crippen LogP contribution in [0.25, 0.3) is 0 Å². The summed E-state index contributed by atoms with van der Waals surface area (Å²) in [6.07, 6.45) is 3.10. The zero-order valence-corrected chi connectivity index (χ0v) is 11.3. The number of fused-ring (bicyclic) bond motifs is 2. The number of carbonyl (C=O) groups is 2. The molecule has 1 amide bonds. The number of hydrogen-bond acceptors (Lipinski definition) is 2. The first-order valence-corrected chi connectivity index (χ1v) is 6.99. The molecule has 0 aromatic heterocycles. The molecule has 2 fully saturated rings. The lowest BCUT2D eigenvalue weighted by Crippen LogP contribution is -2.54. The van der Waals surface area contributed by atoms with Gasteiger partial charge in [-0.15, -0.1) is 0 Å². The standard InChI is InChI=1S/C16H19NO2/c1-16-9-10-17(13(11-16)7-8-14(16)18)15(19)12-5-3-2-4-6-12/h2-6,13H,7-11H2,1H3/t13-,16-/m0/s1. The van der Waals surface area contributed by atoms with Crippen LogP contribution in [0.4, 0.5) is 0 Å². The van der Waals surface area contributed by atoms with E-state index in [4.69, 9.17) is 0 Å². The third-order valence-electron chi connectivity index (χ3n) is 4.69. The van der Waals surface area contributed by atoms with Crippen LogP contribution in [0.3, 0.4) is 0 Å². The lowest BCUT2D eigenvalue weighted by molar-refractivity contribution is -0.135. The van der Waals surface area contributed by atoms with E-state index in [1.165, 1.54) is 0 Å². The molecule has 0 N–H and O–H groups in total. The number of piperidine rings is 1. The molecule has 0 radical (unpaired) electrons. The highest BCUT2D eigenvalue weighted by atomic mass is 16.2. The molecule has 3 heteroatoms. The molecular formula is C16H19NO2. The lowest BCUT2D eigenvalue weighted by atomic mass is 9.67. The summed E-state index contributed by atoms with van der Waals surface area (Å²) in [5, 5.41) is 0. The Morgan fingerprint density at radius 3 is 2.79 bits per heavy atom. The highest BCUT2D eigenvalue weighted by Crippen LogP contribution is 2.42. The quantitative estimate of drug-likeness (QED) is 0.775. The van der Waals surface area contributed by atoms with E-state index in [9.17, 15) is 9.59 Å². The van der Waals surface area contributed by atoms with Crippen molar-refractivity contribution in [1.29, 1.82) is 0 Å². The van der Waals surface area contributed by atoms with Crippen LogP contribution in [0.5, 0.6) is 0 Å². The molecule has 1 saturated heterocycles. The number of carbonyl (C=O) groups excluding carboxylic acids is 2. The van der Waals surface area contributed by atoms with E-state index >= 15 is 0 Å². The number of likely N-dealkylation sites (tertiary alicyclic amines) is 1. The number of nitrogens with zero attached hydrogens (tertiary/aromatic N) is 1. The molecule has 1 aromatic rings. The van der Waals surface area contributed by atoms with Crippen LogP contribution in [-0.2, 0) is 4.79 Å². The van der Waals surface area contributed by atoms with Gasteiger partial charge in [-0.1, -0.05) is 25.1 Å². The van der Waals surface area contributed by atoms with Crippen molar-refractivity contribution in [2.24, 2.45) is 5.41 Å². The average molecular weight is 257 g/mol. The Balaban J connectivity index is 1.81. The monoisotopic (exact) mass is 257 g/mol. The minimum Gasteiger partial charge on any atom is -0.336 e. The van der Waals surface area contributed by atoms with E-state index < -0.39 is 0 Å². The van der Waals surface area contributed by atoms with Crippen LogP contribution >= 0.6 is 0 Å². The van der Waals surface area contributed by atoms with E-state index in [2.05, 4.69) is 6.92 Å². The summed E-state index contributed by atoms with van der Waals surface area (Å²) >= 11 is 0. The molecule has 0 spiro atoms. The molecule has 2 aliphatic rings. The summed E-state index contributed by atoms with van der Waals surface area (Å²) in [6.45, 7) is 2.77. The Morgan fingerprint density at radius 1 is 1.32 bits per heavy atom. The second-order valence-corrected chi connectivity index (χ2v) is 6.00. The summed E-state index contributed by atoms with van der Waals surface area (Å²) in [6, 6.07) is 9.68. The molecule has 3 nitrogen and oxygen atoms in total. The molecule has 1 heterocycles. The van der Waals surface area contributed by atoms with Gasteiger partial charge in [0.2, 0.25) is 0 Å². The first-order chi connectivity index (χ1) is 9.10. The Bertz CT molecular complexity index is 511. The largest absolute Gasteiger partial charge is 0.336 e. The van der Waals surface area contributed by atoms with Gasteiger partial charge in [0.25, 0.3) is 5.91 Å². The van der Waals surface area contributed by atoms with Gasteiger partial charge in [-0.2, -0.15) is 0 Å². The van der Waals surface area contributed by atoms with Crippen molar-refractivity contribution in [3.8, 4) is 0 Å². The lowest BCUT2D eigenvalue weighted by Gasteiger charge is -2.47. The molecule has 1 aromatic carbocycles. The SMILES string of the molecule is C[C@@]12CCN(C(=O)c3ccccc3)[C@@H](CCC1=O)C2. The Hall–Kier alpha value is -1.64. The van der Waals surface area contributed by atoms with Gasteiger partial charge < -0.3 is 4.90 Å². The summed E-state index contributed by atoms with van der Waals surface area (Å²) in [5.41, 5.74) is 0.569. The van der Waals surface area contributed by atoms with Crippen LogP contribution in [0, 0.1) is 5.41 Å². The predicted octanol–water partition coefficient (Wildman–Crippen LogP) is 2.66. The molecule has 1 saturated carbocycles. The van der Waals surface area contributed by atoms with Gasteiger partial charge in [0.05, 0.1) is 0 Å². The van der Waals surface area contributed by atoms with Crippen molar-refractivity contribution in [2.75, 3.05) is 6.54 Å². The highest BCUT2D eigenvalue weighted by molar-refractivity contribution is 5.95. The van der Waals surface area contributed by atoms with E-state index in [1.807, 2.05) is 35.2 Å². The fraction of sp³-hybridized carbons (Fsp3) is 0.500. The molecular weight excluding hydrogens is 238 g/mol. The third kappa shape index (κ3) is 2.07. The van der Waals surface area contributed by atoms with Gasteiger partial charge in [0.15, 0.2) is 0 Å². The van der Waals surface area contributed by atoms with Crippen molar-refractivity contribution in [2.45, 2.75) is 38.6 Å². The first-order valence-electron chi connectivity index (χ1n) is 6.99. The van der Waals surface area contributed by atoms with Crippen molar-refractivity contribution in [1.82, 2.24) is 4.90 Å². The summed E-state index contributed by atoms with van der Waals surface area (Å²) < 4.78 is 0. The summed E-state index contributed by atoms with van der Waals surface area (Å²) in [4.78, 5) is 26.5. The Morgan fingerprint density at radius 2 is 2.05 bits per heavy atom. The number of rotatable bonds is 1.